The summed E-state index contributed by atoms with van der Waals surface area (Å²) in [5.74, 6) is 1.37. The smallest absolute Gasteiger partial charge is 0.0775 e. The fourth-order valence-electron chi connectivity index (χ4n) is 6.10. The number of hydrogen-bond acceptors (Lipinski definition) is 3. The molecule has 4 rings (SSSR count). The van der Waals surface area contributed by atoms with Gasteiger partial charge in [-0.3, -0.25) is 4.90 Å². The Balaban J connectivity index is 1.61. The van der Waals surface area contributed by atoms with Crippen molar-refractivity contribution in [1.29, 1.82) is 0 Å². The van der Waals surface area contributed by atoms with Gasteiger partial charge in [0.2, 0.25) is 0 Å². The first-order chi connectivity index (χ1) is 10.9. The van der Waals surface area contributed by atoms with Crippen LogP contribution in [-0.4, -0.2) is 33.9 Å². The molecule has 3 nitrogen and oxygen atoms in total. The topological polar surface area (TPSA) is 35.8 Å². The molecular formula is C19H32N2O. The quantitative estimate of drug-likeness (QED) is 0.612. The minimum absolute atomic E-state index is 0.481. The van der Waals surface area contributed by atoms with E-state index in [4.69, 9.17) is 0 Å². The molecule has 0 unspecified atom stereocenters. The summed E-state index contributed by atoms with van der Waals surface area (Å²) in [7, 11) is 0. The number of rotatable bonds is 3. The van der Waals surface area contributed by atoms with Crippen molar-refractivity contribution in [1.82, 2.24) is 4.90 Å². The maximum absolute atomic E-state index is 9.67. The van der Waals surface area contributed by atoms with Gasteiger partial charge in [-0.05, 0) is 50.9 Å². The first-order valence-electron chi connectivity index (χ1n) is 9.87. The highest BCUT2D eigenvalue weighted by Crippen LogP contribution is 2.47. The van der Waals surface area contributed by atoms with Crippen LogP contribution in [0.1, 0.15) is 83.5 Å². The number of nitrogens with zero attached hydrogens (tertiary/aromatic N) is 2. The number of fused-ring (bicyclic) bond motifs is 2. The van der Waals surface area contributed by atoms with Gasteiger partial charge >= 0.3 is 0 Å². The molecule has 0 aliphatic heterocycles. The highest BCUT2D eigenvalue weighted by molar-refractivity contribution is 5.94. The highest BCUT2D eigenvalue weighted by atomic mass is 16.4. The van der Waals surface area contributed by atoms with Crippen molar-refractivity contribution < 1.29 is 5.21 Å². The summed E-state index contributed by atoms with van der Waals surface area (Å²) in [5.41, 5.74) is 1.16. The van der Waals surface area contributed by atoms with Crippen LogP contribution in [0.25, 0.3) is 0 Å². The van der Waals surface area contributed by atoms with Gasteiger partial charge in [0.05, 0.1) is 11.8 Å². The van der Waals surface area contributed by atoms with Crippen molar-refractivity contribution in [2.24, 2.45) is 17.0 Å². The Hall–Kier alpha value is -0.570. The molecule has 22 heavy (non-hydrogen) atoms. The van der Waals surface area contributed by atoms with Crippen molar-refractivity contribution in [3.8, 4) is 0 Å². The summed E-state index contributed by atoms with van der Waals surface area (Å²) in [6.07, 6.45) is 17.9. The van der Waals surface area contributed by atoms with Gasteiger partial charge in [0.1, 0.15) is 0 Å². The van der Waals surface area contributed by atoms with Crippen molar-refractivity contribution in [3.63, 3.8) is 0 Å². The van der Waals surface area contributed by atoms with Crippen LogP contribution in [-0.2, 0) is 0 Å². The average molecular weight is 304 g/mol. The maximum Gasteiger partial charge on any atom is 0.0775 e. The minimum atomic E-state index is 0.481. The second kappa shape index (κ2) is 6.51. The Labute approximate surface area is 135 Å². The maximum atomic E-state index is 9.67. The molecule has 2 bridgehead atoms. The lowest BCUT2D eigenvalue weighted by atomic mass is 9.83. The molecule has 4 aliphatic carbocycles. The summed E-state index contributed by atoms with van der Waals surface area (Å²) < 4.78 is 0. The van der Waals surface area contributed by atoms with Gasteiger partial charge in [-0.25, -0.2) is 0 Å². The zero-order valence-electron chi connectivity index (χ0n) is 13.9. The molecule has 0 aromatic carbocycles. The van der Waals surface area contributed by atoms with Crippen LogP contribution >= 0.6 is 0 Å². The molecule has 0 aromatic heterocycles. The molecule has 124 valence electrons. The molecule has 4 saturated carbocycles. The van der Waals surface area contributed by atoms with Crippen LogP contribution in [0.5, 0.6) is 0 Å². The molecule has 3 heteroatoms. The largest absolute Gasteiger partial charge is 0.411 e. The van der Waals surface area contributed by atoms with E-state index in [-0.39, 0.29) is 0 Å². The molecule has 1 N–H and O–H groups in total. The van der Waals surface area contributed by atoms with E-state index in [1.807, 2.05) is 0 Å². The summed E-state index contributed by atoms with van der Waals surface area (Å²) in [6.45, 7) is 0. The molecule has 0 amide bonds. The van der Waals surface area contributed by atoms with E-state index in [0.29, 0.717) is 12.0 Å². The SMILES string of the molecule is O/N=C1\[C@H]2CC[C@@H](C2)[C@@H]1N(C1CCCCC1)C1CCCCC1. The standard InChI is InChI=1S/C19H32N2O/c22-20-18-14-11-12-15(13-14)19(18)21(16-7-3-1-4-8-16)17-9-5-2-6-10-17/h14-17,19,22H,1-13H2/b20-18+/t14-,15-,19-/m0/s1. The van der Waals surface area contributed by atoms with E-state index in [1.165, 1.54) is 83.5 Å². The second-order valence-electron chi connectivity index (χ2n) is 8.27. The Bertz CT molecular complexity index is 392. The highest BCUT2D eigenvalue weighted by Gasteiger charge is 2.50. The van der Waals surface area contributed by atoms with Crippen molar-refractivity contribution >= 4 is 5.71 Å². The molecule has 3 atom stereocenters. The van der Waals surface area contributed by atoms with E-state index in [1.54, 1.807) is 0 Å². The zero-order valence-corrected chi connectivity index (χ0v) is 13.9. The van der Waals surface area contributed by atoms with Gasteiger partial charge in [-0.2, -0.15) is 0 Å². The van der Waals surface area contributed by atoms with E-state index >= 15 is 0 Å². The van der Waals surface area contributed by atoms with Gasteiger partial charge < -0.3 is 5.21 Å². The lowest BCUT2D eigenvalue weighted by Crippen LogP contribution is -2.55. The molecular weight excluding hydrogens is 272 g/mol. The Morgan fingerprint density at radius 2 is 1.36 bits per heavy atom. The second-order valence-corrected chi connectivity index (χ2v) is 8.27. The number of oxime groups is 1. The van der Waals surface area contributed by atoms with Gasteiger partial charge in [-0.1, -0.05) is 43.7 Å². The zero-order chi connectivity index (χ0) is 14.9. The van der Waals surface area contributed by atoms with E-state index in [9.17, 15) is 5.21 Å². The van der Waals surface area contributed by atoms with Crippen LogP contribution in [0.2, 0.25) is 0 Å². The van der Waals surface area contributed by atoms with Gasteiger partial charge in [-0.15, -0.1) is 0 Å². The van der Waals surface area contributed by atoms with Crippen molar-refractivity contribution in [3.05, 3.63) is 0 Å². The lowest BCUT2D eigenvalue weighted by molar-refractivity contribution is 0.0426. The fourth-order valence-corrected chi connectivity index (χ4v) is 6.10. The Morgan fingerprint density at radius 3 is 1.91 bits per heavy atom. The van der Waals surface area contributed by atoms with Crippen LogP contribution in [0.4, 0.5) is 0 Å². The van der Waals surface area contributed by atoms with Crippen molar-refractivity contribution in [2.75, 3.05) is 0 Å². The molecule has 0 spiro atoms. The van der Waals surface area contributed by atoms with Crippen LogP contribution in [0.3, 0.4) is 0 Å². The van der Waals surface area contributed by atoms with Crippen molar-refractivity contribution in [2.45, 2.75) is 102 Å². The third-order valence-corrected chi connectivity index (χ3v) is 7.07. The fraction of sp³-hybridized carbons (Fsp3) is 0.947. The van der Waals surface area contributed by atoms with Gasteiger partial charge in [0, 0.05) is 18.0 Å². The molecule has 0 saturated heterocycles. The normalized spacial score (nSPS) is 39.1. The van der Waals surface area contributed by atoms with E-state index in [0.717, 1.165) is 23.7 Å². The third-order valence-electron chi connectivity index (χ3n) is 7.07. The monoisotopic (exact) mass is 304 g/mol. The molecule has 0 heterocycles. The summed E-state index contributed by atoms with van der Waals surface area (Å²) in [5, 5.41) is 13.5. The molecule has 0 radical (unpaired) electrons. The van der Waals surface area contributed by atoms with E-state index in [2.05, 4.69) is 10.1 Å². The average Bonchev–Trinajstić information content (AvgIpc) is 3.18. The summed E-state index contributed by atoms with van der Waals surface area (Å²) in [4.78, 5) is 2.90. The molecule has 4 aliphatic rings. The molecule has 0 aromatic rings. The predicted octanol–water partition coefficient (Wildman–Crippen LogP) is 4.58. The first kappa shape index (κ1) is 15.0. The number of hydrogen-bond donors (Lipinski definition) is 1. The third kappa shape index (κ3) is 2.60. The molecule has 4 fully saturated rings. The predicted molar refractivity (Wildman–Crippen MR) is 89.4 cm³/mol. The lowest BCUT2D eigenvalue weighted by Gasteiger charge is -2.47. The summed E-state index contributed by atoms with van der Waals surface area (Å²) >= 11 is 0. The van der Waals surface area contributed by atoms with Crippen LogP contribution < -0.4 is 0 Å². The minimum Gasteiger partial charge on any atom is -0.411 e. The van der Waals surface area contributed by atoms with Crippen LogP contribution in [0.15, 0.2) is 5.16 Å². The van der Waals surface area contributed by atoms with Gasteiger partial charge in [0.15, 0.2) is 0 Å². The summed E-state index contributed by atoms with van der Waals surface area (Å²) in [6, 6.07) is 2.01. The first-order valence-corrected chi connectivity index (χ1v) is 9.87. The Morgan fingerprint density at radius 1 is 0.773 bits per heavy atom. The Kier molecular flexibility index (Phi) is 4.43. The van der Waals surface area contributed by atoms with Gasteiger partial charge in [0.25, 0.3) is 0 Å². The van der Waals surface area contributed by atoms with E-state index < -0.39 is 0 Å². The van der Waals surface area contributed by atoms with Crippen LogP contribution in [0, 0.1) is 11.8 Å².